The Kier molecular flexibility index (Phi) is 4.86. The van der Waals surface area contributed by atoms with E-state index in [2.05, 4.69) is 43.8 Å². The molecule has 0 aliphatic carbocycles. The molecule has 2 aliphatic heterocycles. The summed E-state index contributed by atoms with van der Waals surface area (Å²) >= 11 is 0. The third-order valence-corrected chi connectivity index (χ3v) is 6.70. The van der Waals surface area contributed by atoms with Gasteiger partial charge >= 0.3 is 0 Å². The van der Waals surface area contributed by atoms with Crippen LogP contribution in [0.15, 0.2) is 30.7 Å². The highest BCUT2D eigenvalue weighted by atomic mass is 16.2. The van der Waals surface area contributed by atoms with Crippen molar-refractivity contribution in [2.24, 2.45) is 11.8 Å². The smallest absolute Gasteiger partial charge is 0.222 e. The number of pyridine rings is 2. The number of carbonyl (C=O) groups excluding carboxylic acids is 1. The molecule has 6 heteroatoms. The van der Waals surface area contributed by atoms with Crippen LogP contribution in [0.3, 0.4) is 0 Å². The lowest BCUT2D eigenvalue weighted by Gasteiger charge is -2.36. The predicted molar refractivity (Wildman–Crippen MR) is 116 cm³/mol. The number of nitrogens with one attached hydrogen (secondary N) is 1. The quantitative estimate of drug-likeness (QED) is 0.734. The second-order valence-electron chi connectivity index (χ2n) is 8.81. The number of aromatic amines is 1. The number of likely N-dealkylation sites (tertiary alicyclic amines) is 1. The normalized spacial score (nSPS) is 21.2. The van der Waals surface area contributed by atoms with Gasteiger partial charge < -0.3 is 14.8 Å². The number of nitrogens with zero attached hydrogens (tertiary/aromatic N) is 4. The number of H-pyrrole nitrogens is 1. The third-order valence-electron chi connectivity index (χ3n) is 6.70. The van der Waals surface area contributed by atoms with E-state index in [0.717, 1.165) is 62.0 Å². The summed E-state index contributed by atoms with van der Waals surface area (Å²) in [5.74, 6) is 1.51. The molecule has 1 atom stereocenters. The summed E-state index contributed by atoms with van der Waals surface area (Å²) in [7, 11) is 0. The molecule has 5 heterocycles. The van der Waals surface area contributed by atoms with Crippen LogP contribution >= 0.6 is 0 Å². The van der Waals surface area contributed by atoms with Crippen molar-refractivity contribution in [1.82, 2.24) is 19.9 Å². The zero-order valence-electron chi connectivity index (χ0n) is 17.1. The first-order chi connectivity index (χ1) is 14.2. The summed E-state index contributed by atoms with van der Waals surface area (Å²) in [6, 6.07) is 4.20. The molecule has 2 aliphatic rings. The molecule has 0 spiro atoms. The number of hydrogen-bond donors (Lipinski definition) is 1. The summed E-state index contributed by atoms with van der Waals surface area (Å²) in [6.45, 7) is 6.13. The maximum absolute atomic E-state index is 12.7. The van der Waals surface area contributed by atoms with Crippen molar-refractivity contribution in [2.75, 3.05) is 31.1 Å². The molecule has 1 N–H and O–H groups in total. The van der Waals surface area contributed by atoms with Crippen LogP contribution in [0.1, 0.15) is 39.0 Å². The van der Waals surface area contributed by atoms with Crippen molar-refractivity contribution in [3.8, 4) is 0 Å². The van der Waals surface area contributed by atoms with Crippen molar-refractivity contribution < 1.29 is 4.79 Å². The molecule has 152 valence electrons. The standard InChI is InChI=1S/C23H29N5O/c1-16-3-2-10-28(15-16)21(29)13-17-6-11-27(12-7-17)20-5-9-24-19-14-26-23-18(22(19)20)4-8-25-23/h4-5,8-9,14,16-17H,2-3,6-7,10-13,15H2,1H3,(H,25,26). The van der Waals surface area contributed by atoms with Crippen molar-refractivity contribution in [2.45, 2.75) is 39.0 Å². The van der Waals surface area contributed by atoms with Gasteiger partial charge in [0.15, 0.2) is 0 Å². The molecule has 0 saturated carbocycles. The largest absolute Gasteiger partial charge is 0.371 e. The Labute approximate surface area is 171 Å². The number of carbonyl (C=O) groups is 1. The fourth-order valence-corrected chi connectivity index (χ4v) is 5.07. The molecule has 2 saturated heterocycles. The number of aromatic nitrogens is 3. The molecule has 3 aromatic rings. The average molecular weight is 392 g/mol. The molecule has 0 aromatic carbocycles. The van der Waals surface area contributed by atoms with E-state index in [4.69, 9.17) is 0 Å². The Hall–Kier alpha value is -2.63. The fraction of sp³-hybridized carbons (Fsp3) is 0.522. The topological polar surface area (TPSA) is 65.1 Å². The summed E-state index contributed by atoms with van der Waals surface area (Å²) in [6.07, 6.45) is 10.9. The second-order valence-corrected chi connectivity index (χ2v) is 8.81. The first-order valence-corrected chi connectivity index (χ1v) is 10.9. The lowest BCUT2D eigenvalue weighted by molar-refractivity contribution is -0.134. The van der Waals surface area contributed by atoms with Crippen molar-refractivity contribution in [3.63, 3.8) is 0 Å². The maximum Gasteiger partial charge on any atom is 0.222 e. The van der Waals surface area contributed by atoms with Gasteiger partial charge in [-0.3, -0.25) is 9.78 Å². The van der Waals surface area contributed by atoms with E-state index >= 15 is 0 Å². The SMILES string of the molecule is CC1CCCN(C(=O)CC2CCN(c3ccnc4cnc5[nH]ccc5c34)CC2)C1. The molecular formula is C23H29N5O. The van der Waals surface area contributed by atoms with Gasteiger partial charge in [0.25, 0.3) is 0 Å². The Balaban J connectivity index is 1.29. The van der Waals surface area contributed by atoms with Crippen LogP contribution in [-0.2, 0) is 4.79 Å². The maximum atomic E-state index is 12.7. The van der Waals surface area contributed by atoms with Gasteiger partial charge in [0.05, 0.1) is 11.7 Å². The second kappa shape index (κ2) is 7.65. The van der Waals surface area contributed by atoms with Gasteiger partial charge in [0.2, 0.25) is 5.91 Å². The first kappa shape index (κ1) is 18.4. The van der Waals surface area contributed by atoms with Crippen molar-refractivity contribution in [3.05, 3.63) is 30.7 Å². The van der Waals surface area contributed by atoms with Crippen molar-refractivity contribution >= 4 is 33.5 Å². The molecule has 0 bridgehead atoms. The van der Waals surface area contributed by atoms with Gasteiger partial charge in [-0.25, -0.2) is 4.98 Å². The third kappa shape index (κ3) is 3.56. The molecule has 0 radical (unpaired) electrons. The number of amides is 1. The van der Waals surface area contributed by atoms with Crippen LogP contribution < -0.4 is 4.90 Å². The zero-order valence-corrected chi connectivity index (χ0v) is 17.1. The number of anilines is 1. The van der Waals surface area contributed by atoms with E-state index in [9.17, 15) is 4.79 Å². The Morgan fingerprint density at radius 1 is 1.17 bits per heavy atom. The van der Waals surface area contributed by atoms with E-state index in [1.54, 1.807) is 0 Å². The molecule has 2 fully saturated rings. The lowest BCUT2D eigenvalue weighted by atomic mass is 9.91. The fourth-order valence-electron chi connectivity index (χ4n) is 5.07. The molecule has 1 amide bonds. The van der Waals surface area contributed by atoms with E-state index in [1.165, 1.54) is 17.5 Å². The van der Waals surface area contributed by atoms with Crippen LogP contribution in [-0.4, -0.2) is 51.9 Å². The summed E-state index contributed by atoms with van der Waals surface area (Å²) in [4.78, 5) is 29.5. The minimum absolute atomic E-state index is 0.365. The van der Waals surface area contributed by atoms with Gasteiger partial charge in [-0.05, 0) is 49.7 Å². The lowest BCUT2D eigenvalue weighted by Crippen LogP contribution is -2.41. The average Bonchev–Trinajstić information content (AvgIpc) is 3.23. The van der Waals surface area contributed by atoms with E-state index < -0.39 is 0 Å². The van der Waals surface area contributed by atoms with Gasteiger partial charge in [-0.2, -0.15) is 0 Å². The number of piperidine rings is 2. The zero-order chi connectivity index (χ0) is 19.8. The van der Waals surface area contributed by atoms with E-state index in [-0.39, 0.29) is 0 Å². The number of hydrogen-bond acceptors (Lipinski definition) is 4. The first-order valence-electron chi connectivity index (χ1n) is 10.9. The Morgan fingerprint density at radius 2 is 2.03 bits per heavy atom. The van der Waals surface area contributed by atoms with Gasteiger partial charge in [-0.15, -0.1) is 0 Å². The predicted octanol–water partition coefficient (Wildman–Crippen LogP) is 3.98. The monoisotopic (exact) mass is 391 g/mol. The van der Waals surface area contributed by atoms with Crippen LogP contribution in [0.5, 0.6) is 0 Å². The summed E-state index contributed by atoms with van der Waals surface area (Å²) in [5, 5.41) is 2.30. The van der Waals surface area contributed by atoms with E-state index in [0.29, 0.717) is 24.2 Å². The molecular weight excluding hydrogens is 362 g/mol. The van der Waals surface area contributed by atoms with E-state index in [1.807, 2.05) is 18.6 Å². The summed E-state index contributed by atoms with van der Waals surface area (Å²) < 4.78 is 0. The van der Waals surface area contributed by atoms with Crippen molar-refractivity contribution in [1.29, 1.82) is 0 Å². The Bertz CT molecular complexity index is 1020. The van der Waals surface area contributed by atoms with Crippen LogP contribution in [0.2, 0.25) is 0 Å². The van der Waals surface area contributed by atoms with Crippen LogP contribution in [0.25, 0.3) is 21.9 Å². The highest BCUT2D eigenvalue weighted by molar-refractivity contribution is 6.09. The molecule has 6 nitrogen and oxygen atoms in total. The molecule has 1 unspecified atom stereocenters. The number of fused-ring (bicyclic) bond motifs is 3. The van der Waals surface area contributed by atoms with Gasteiger partial charge in [0, 0.05) is 61.5 Å². The summed E-state index contributed by atoms with van der Waals surface area (Å²) in [5.41, 5.74) is 3.07. The van der Waals surface area contributed by atoms with Gasteiger partial charge in [0.1, 0.15) is 5.65 Å². The number of rotatable bonds is 3. The minimum Gasteiger partial charge on any atom is -0.371 e. The highest BCUT2D eigenvalue weighted by Gasteiger charge is 2.27. The highest BCUT2D eigenvalue weighted by Crippen LogP contribution is 2.34. The van der Waals surface area contributed by atoms with Gasteiger partial charge in [-0.1, -0.05) is 6.92 Å². The Morgan fingerprint density at radius 3 is 2.86 bits per heavy atom. The molecule has 29 heavy (non-hydrogen) atoms. The molecule has 5 rings (SSSR count). The van der Waals surface area contributed by atoms with Crippen LogP contribution in [0.4, 0.5) is 5.69 Å². The van der Waals surface area contributed by atoms with Crippen LogP contribution in [0, 0.1) is 11.8 Å². The molecule has 3 aromatic heterocycles. The minimum atomic E-state index is 0.365.